The van der Waals surface area contributed by atoms with Gasteiger partial charge in [-0.15, -0.1) is 0 Å². The molecule has 1 fully saturated rings. The maximum Gasteiger partial charge on any atom is 0.317 e. The highest BCUT2D eigenvalue weighted by molar-refractivity contribution is 5.74. The topological polar surface area (TPSA) is 57.7 Å². The molecule has 0 radical (unpaired) electrons. The van der Waals surface area contributed by atoms with Gasteiger partial charge in [0, 0.05) is 51.7 Å². The van der Waals surface area contributed by atoms with Gasteiger partial charge in [0.1, 0.15) is 5.75 Å². The van der Waals surface area contributed by atoms with Crippen LogP contribution in [0.4, 0.5) is 4.79 Å². The summed E-state index contributed by atoms with van der Waals surface area (Å²) in [5.74, 6) is 0.889. The van der Waals surface area contributed by atoms with Gasteiger partial charge in [-0.2, -0.15) is 0 Å². The van der Waals surface area contributed by atoms with Gasteiger partial charge in [-0.3, -0.25) is 9.88 Å². The molecule has 2 aromatic rings. The highest BCUT2D eigenvalue weighted by Crippen LogP contribution is 2.12. The van der Waals surface area contributed by atoms with E-state index in [4.69, 9.17) is 4.74 Å². The van der Waals surface area contributed by atoms with Crippen molar-refractivity contribution in [1.29, 1.82) is 0 Å². The SMILES string of the molecule is COc1ccc(CCN2CCN(C(=O)NCc3cccnc3)CC2)cc1. The van der Waals surface area contributed by atoms with Crippen LogP contribution in [0.1, 0.15) is 11.1 Å². The van der Waals surface area contributed by atoms with Gasteiger partial charge in [0.25, 0.3) is 0 Å². The zero-order valence-corrected chi connectivity index (χ0v) is 15.2. The highest BCUT2D eigenvalue weighted by atomic mass is 16.5. The Kier molecular flexibility index (Phi) is 6.44. The van der Waals surface area contributed by atoms with Crippen molar-refractivity contribution in [2.24, 2.45) is 0 Å². The van der Waals surface area contributed by atoms with Gasteiger partial charge in [0.15, 0.2) is 0 Å². The van der Waals surface area contributed by atoms with Gasteiger partial charge < -0.3 is 15.0 Å². The molecule has 0 spiro atoms. The number of hydrogen-bond donors (Lipinski definition) is 1. The number of carbonyl (C=O) groups is 1. The molecule has 6 heteroatoms. The minimum Gasteiger partial charge on any atom is -0.497 e. The molecule has 1 aromatic heterocycles. The molecule has 6 nitrogen and oxygen atoms in total. The second kappa shape index (κ2) is 9.20. The van der Waals surface area contributed by atoms with Gasteiger partial charge in [-0.25, -0.2) is 4.79 Å². The van der Waals surface area contributed by atoms with Crippen molar-refractivity contribution in [1.82, 2.24) is 20.1 Å². The zero-order valence-electron chi connectivity index (χ0n) is 15.2. The first-order chi connectivity index (χ1) is 12.7. The number of rotatable bonds is 6. The van der Waals surface area contributed by atoms with Crippen molar-refractivity contribution in [3.8, 4) is 5.75 Å². The summed E-state index contributed by atoms with van der Waals surface area (Å²) in [5.41, 5.74) is 2.32. The van der Waals surface area contributed by atoms with E-state index in [1.165, 1.54) is 5.56 Å². The minimum atomic E-state index is 0.00339. The molecule has 1 aliphatic heterocycles. The van der Waals surface area contributed by atoms with E-state index in [0.29, 0.717) is 6.54 Å². The van der Waals surface area contributed by atoms with E-state index in [1.54, 1.807) is 19.5 Å². The minimum absolute atomic E-state index is 0.00339. The van der Waals surface area contributed by atoms with Gasteiger partial charge >= 0.3 is 6.03 Å². The van der Waals surface area contributed by atoms with E-state index in [9.17, 15) is 4.79 Å². The Hall–Kier alpha value is -2.60. The number of hydrogen-bond acceptors (Lipinski definition) is 4. The van der Waals surface area contributed by atoms with Gasteiger partial charge in [0.05, 0.1) is 7.11 Å². The molecule has 1 aliphatic rings. The van der Waals surface area contributed by atoms with Crippen molar-refractivity contribution in [3.05, 3.63) is 59.9 Å². The predicted octanol–water partition coefficient (Wildman–Crippen LogP) is 2.16. The molecule has 1 saturated heterocycles. The van der Waals surface area contributed by atoms with Crippen molar-refractivity contribution in [2.75, 3.05) is 39.8 Å². The number of amides is 2. The number of benzene rings is 1. The molecule has 0 saturated carbocycles. The summed E-state index contributed by atoms with van der Waals surface area (Å²) in [4.78, 5) is 20.6. The van der Waals surface area contributed by atoms with Crippen LogP contribution in [-0.2, 0) is 13.0 Å². The molecule has 3 rings (SSSR count). The Morgan fingerprint density at radius 3 is 2.54 bits per heavy atom. The van der Waals surface area contributed by atoms with Crippen molar-refractivity contribution >= 4 is 6.03 Å². The number of pyridine rings is 1. The van der Waals surface area contributed by atoms with Crippen LogP contribution < -0.4 is 10.1 Å². The standard InChI is InChI=1S/C20H26N4O2/c1-26-19-6-4-17(5-7-19)8-10-23-11-13-24(14-12-23)20(25)22-16-18-3-2-9-21-15-18/h2-7,9,15H,8,10-14,16H2,1H3,(H,22,25). The number of piperazine rings is 1. The monoisotopic (exact) mass is 354 g/mol. The average molecular weight is 354 g/mol. The van der Waals surface area contributed by atoms with Crippen molar-refractivity contribution < 1.29 is 9.53 Å². The second-order valence-corrected chi connectivity index (χ2v) is 6.45. The molecule has 0 unspecified atom stereocenters. The molecular weight excluding hydrogens is 328 g/mol. The normalized spacial score (nSPS) is 14.9. The number of methoxy groups -OCH3 is 1. The molecular formula is C20H26N4O2. The van der Waals surface area contributed by atoms with Crippen LogP contribution in [0, 0.1) is 0 Å². The van der Waals surface area contributed by atoms with Crippen LogP contribution in [0.25, 0.3) is 0 Å². The third kappa shape index (κ3) is 5.20. The highest BCUT2D eigenvalue weighted by Gasteiger charge is 2.20. The Morgan fingerprint density at radius 2 is 1.88 bits per heavy atom. The molecule has 0 aliphatic carbocycles. The smallest absolute Gasteiger partial charge is 0.317 e. The number of aromatic nitrogens is 1. The fraction of sp³-hybridized carbons (Fsp3) is 0.400. The van der Waals surface area contributed by atoms with E-state index in [1.807, 2.05) is 29.2 Å². The van der Waals surface area contributed by atoms with Gasteiger partial charge in [-0.1, -0.05) is 18.2 Å². The number of ether oxygens (including phenoxy) is 1. The quantitative estimate of drug-likeness (QED) is 0.864. The largest absolute Gasteiger partial charge is 0.497 e. The molecule has 1 aromatic carbocycles. The van der Waals surface area contributed by atoms with Gasteiger partial charge in [-0.05, 0) is 35.7 Å². The third-order valence-electron chi connectivity index (χ3n) is 4.70. The summed E-state index contributed by atoms with van der Waals surface area (Å²) in [6.45, 7) is 4.89. The lowest BCUT2D eigenvalue weighted by Gasteiger charge is -2.34. The predicted molar refractivity (Wildman–Crippen MR) is 101 cm³/mol. The second-order valence-electron chi connectivity index (χ2n) is 6.45. The third-order valence-corrected chi connectivity index (χ3v) is 4.70. The lowest BCUT2D eigenvalue weighted by atomic mass is 10.1. The van der Waals surface area contributed by atoms with Crippen LogP contribution in [0.15, 0.2) is 48.8 Å². The lowest BCUT2D eigenvalue weighted by molar-refractivity contribution is 0.140. The molecule has 2 amide bonds. The first-order valence-electron chi connectivity index (χ1n) is 9.01. The molecule has 2 heterocycles. The summed E-state index contributed by atoms with van der Waals surface area (Å²) in [6, 6.07) is 12.1. The molecule has 26 heavy (non-hydrogen) atoms. The Balaban J connectivity index is 1.37. The Labute approximate surface area is 154 Å². The molecule has 0 atom stereocenters. The number of nitrogens with zero attached hydrogens (tertiary/aromatic N) is 3. The molecule has 138 valence electrons. The zero-order chi connectivity index (χ0) is 18.2. The number of carbonyl (C=O) groups excluding carboxylic acids is 1. The van der Waals surface area contributed by atoms with E-state index in [2.05, 4.69) is 27.3 Å². The van der Waals surface area contributed by atoms with E-state index < -0.39 is 0 Å². The Morgan fingerprint density at radius 1 is 1.12 bits per heavy atom. The van der Waals surface area contributed by atoms with Gasteiger partial charge in [0.2, 0.25) is 0 Å². The first-order valence-corrected chi connectivity index (χ1v) is 9.01. The summed E-state index contributed by atoms with van der Waals surface area (Å²) >= 11 is 0. The summed E-state index contributed by atoms with van der Waals surface area (Å²) in [6.07, 6.45) is 4.52. The first kappa shape index (κ1) is 18.2. The van der Waals surface area contributed by atoms with Crippen LogP contribution in [0.2, 0.25) is 0 Å². The number of nitrogens with one attached hydrogen (secondary N) is 1. The van der Waals surface area contributed by atoms with Crippen LogP contribution in [-0.4, -0.2) is 60.6 Å². The fourth-order valence-corrected chi connectivity index (χ4v) is 3.05. The fourth-order valence-electron chi connectivity index (χ4n) is 3.05. The van der Waals surface area contributed by atoms with E-state index in [0.717, 1.165) is 50.5 Å². The summed E-state index contributed by atoms with van der Waals surface area (Å²) < 4.78 is 5.19. The number of urea groups is 1. The lowest BCUT2D eigenvalue weighted by Crippen LogP contribution is -2.51. The van der Waals surface area contributed by atoms with Crippen LogP contribution in [0.5, 0.6) is 5.75 Å². The summed E-state index contributed by atoms with van der Waals surface area (Å²) in [5, 5.41) is 2.97. The molecule has 1 N–H and O–H groups in total. The summed E-state index contributed by atoms with van der Waals surface area (Å²) in [7, 11) is 1.68. The average Bonchev–Trinajstić information content (AvgIpc) is 2.72. The maximum absolute atomic E-state index is 12.3. The van der Waals surface area contributed by atoms with Crippen LogP contribution >= 0.6 is 0 Å². The Bertz CT molecular complexity index is 683. The molecule has 0 bridgehead atoms. The van der Waals surface area contributed by atoms with Crippen LogP contribution in [0.3, 0.4) is 0 Å². The van der Waals surface area contributed by atoms with E-state index >= 15 is 0 Å². The van der Waals surface area contributed by atoms with E-state index in [-0.39, 0.29) is 6.03 Å². The van der Waals surface area contributed by atoms with Crippen molar-refractivity contribution in [3.63, 3.8) is 0 Å². The maximum atomic E-state index is 12.3. The van der Waals surface area contributed by atoms with Crippen molar-refractivity contribution in [2.45, 2.75) is 13.0 Å².